The van der Waals surface area contributed by atoms with Gasteiger partial charge in [0.05, 0.1) is 17.8 Å². The molecule has 2 saturated carbocycles. The lowest BCUT2D eigenvalue weighted by atomic mass is 9.58. The first-order valence-electron chi connectivity index (χ1n) is 12.6. The molecular formula is C28H46O3. The van der Waals surface area contributed by atoms with Crippen LogP contribution in [0.25, 0.3) is 0 Å². The quantitative estimate of drug-likeness (QED) is 0.419. The van der Waals surface area contributed by atoms with E-state index in [1.165, 1.54) is 18.4 Å². The minimum atomic E-state index is -0.584. The van der Waals surface area contributed by atoms with Gasteiger partial charge in [-0.1, -0.05) is 55.7 Å². The van der Waals surface area contributed by atoms with E-state index in [1.54, 1.807) is 11.1 Å². The average molecular weight is 431 g/mol. The second-order valence-electron chi connectivity index (χ2n) is 11.8. The van der Waals surface area contributed by atoms with Crippen LogP contribution in [0.4, 0.5) is 0 Å². The standard InChI is InChI=1S/C28H46O3/c1-6-27(4,15-8-14-26(2,3)31)25-13-12-24-21(9-7-16-28(24,25)5)11-10-20-17-22(29)19-23(30)18-20/h10-11,13,22-24,29-31H,6-9,12,14-19H2,1-5H3/b21-11+/t22-,23-,24+,27?,28+/m1/s1. The predicted octanol–water partition coefficient (Wildman–Crippen LogP) is 6.24. The van der Waals surface area contributed by atoms with E-state index in [2.05, 4.69) is 39.0 Å². The van der Waals surface area contributed by atoms with E-state index in [1.807, 2.05) is 13.8 Å². The second-order valence-corrected chi connectivity index (χ2v) is 11.8. The third kappa shape index (κ3) is 5.72. The van der Waals surface area contributed by atoms with Crippen LogP contribution in [0.3, 0.4) is 0 Å². The van der Waals surface area contributed by atoms with Crippen molar-refractivity contribution in [3.05, 3.63) is 34.9 Å². The molecule has 3 rings (SSSR count). The molecule has 0 spiro atoms. The summed E-state index contributed by atoms with van der Waals surface area (Å²) in [5, 5.41) is 30.2. The minimum Gasteiger partial charge on any atom is -0.393 e. The van der Waals surface area contributed by atoms with Gasteiger partial charge in [0.1, 0.15) is 0 Å². The highest BCUT2D eigenvalue weighted by Crippen LogP contribution is 2.60. The molecule has 0 aliphatic heterocycles. The highest BCUT2D eigenvalue weighted by molar-refractivity contribution is 5.36. The molecule has 0 aromatic rings. The van der Waals surface area contributed by atoms with Gasteiger partial charge in [-0.3, -0.25) is 0 Å². The Bertz CT molecular complexity index is 713. The number of allylic oxidation sites excluding steroid dienone is 5. The van der Waals surface area contributed by atoms with Crippen molar-refractivity contribution < 1.29 is 15.3 Å². The van der Waals surface area contributed by atoms with Gasteiger partial charge in [-0.2, -0.15) is 0 Å². The Labute approximate surface area is 190 Å². The summed E-state index contributed by atoms with van der Waals surface area (Å²) in [6.07, 6.45) is 17.2. The fourth-order valence-corrected chi connectivity index (χ4v) is 6.70. The summed E-state index contributed by atoms with van der Waals surface area (Å²) < 4.78 is 0. The van der Waals surface area contributed by atoms with Crippen molar-refractivity contribution in [3.63, 3.8) is 0 Å². The smallest absolute Gasteiger partial charge is 0.0602 e. The molecule has 0 aromatic heterocycles. The van der Waals surface area contributed by atoms with Gasteiger partial charge in [0, 0.05) is 0 Å². The third-order valence-corrected chi connectivity index (χ3v) is 8.57. The summed E-state index contributed by atoms with van der Waals surface area (Å²) in [6.45, 7) is 11.1. The van der Waals surface area contributed by atoms with E-state index in [-0.39, 0.29) is 10.8 Å². The fourth-order valence-electron chi connectivity index (χ4n) is 6.70. The first kappa shape index (κ1) is 24.7. The largest absolute Gasteiger partial charge is 0.393 e. The lowest BCUT2D eigenvalue weighted by Gasteiger charge is -2.47. The van der Waals surface area contributed by atoms with Crippen LogP contribution in [0.15, 0.2) is 34.9 Å². The average Bonchev–Trinajstić information content (AvgIpc) is 3.02. The van der Waals surface area contributed by atoms with Crippen LogP contribution in [0, 0.1) is 16.7 Å². The number of rotatable bonds is 7. The molecule has 3 N–H and O–H groups in total. The zero-order valence-corrected chi connectivity index (χ0v) is 20.6. The van der Waals surface area contributed by atoms with Crippen LogP contribution in [-0.2, 0) is 0 Å². The zero-order valence-electron chi connectivity index (χ0n) is 20.6. The highest BCUT2D eigenvalue weighted by Gasteiger charge is 2.49. The molecule has 3 heteroatoms. The molecule has 3 nitrogen and oxygen atoms in total. The van der Waals surface area contributed by atoms with Crippen LogP contribution in [-0.4, -0.2) is 33.1 Å². The van der Waals surface area contributed by atoms with E-state index in [4.69, 9.17) is 0 Å². The maximum absolute atomic E-state index is 10.2. The molecule has 176 valence electrons. The molecular weight excluding hydrogens is 384 g/mol. The van der Waals surface area contributed by atoms with Gasteiger partial charge in [-0.05, 0) is 101 Å². The lowest BCUT2D eigenvalue weighted by Crippen LogP contribution is -2.36. The van der Waals surface area contributed by atoms with Crippen LogP contribution in [0.2, 0.25) is 0 Å². The van der Waals surface area contributed by atoms with Crippen LogP contribution < -0.4 is 0 Å². The SMILES string of the molecule is CCC(C)(CCCC(C)(C)O)C1=CC[C@H]2/C(=C/C=C3C[C@@H](O)C[C@H](O)C3)CCC[C@]12C. The van der Waals surface area contributed by atoms with E-state index in [9.17, 15) is 15.3 Å². The molecule has 0 radical (unpaired) electrons. The number of hydrogen-bond acceptors (Lipinski definition) is 3. The van der Waals surface area contributed by atoms with Gasteiger partial charge in [0.15, 0.2) is 0 Å². The number of aliphatic hydroxyl groups excluding tert-OH is 2. The van der Waals surface area contributed by atoms with Crippen LogP contribution >= 0.6 is 0 Å². The maximum Gasteiger partial charge on any atom is 0.0602 e. The molecule has 0 aromatic carbocycles. The fraction of sp³-hybridized carbons (Fsp3) is 0.786. The minimum absolute atomic E-state index is 0.202. The summed E-state index contributed by atoms with van der Waals surface area (Å²) in [7, 11) is 0. The number of hydrogen-bond donors (Lipinski definition) is 3. The molecule has 2 fully saturated rings. The van der Waals surface area contributed by atoms with E-state index in [0.29, 0.717) is 25.2 Å². The van der Waals surface area contributed by atoms with E-state index >= 15 is 0 Å². The molecule has 3 aliphatic carbocycles. The molecule has 0 bridgehead atoms. The summed E-state index contributed by atoms with van der Waals surface area (Å²) in [5.41, 5.74) is 4.24. The Kier molecular flexibility index (Phi) is 7.61. The van der Waals surface area contributed by atoms with Crippen molar-refractivity contribution in [3.8, 4) is 0 Å². The molecule has 0 heterocycles. The first-order valence-corrected chi connectivity index (χ1v) is 12.6. The van der Waals surface area contributed by atoms with E-state index < -0.39 is 17.8 Å². The van der Waals surface area contributed by atoms with Gasteiger partial charge in [-0.15, -0.1) is 0 Å². The molecule has 5 atom stereocenters. The van der Waals surface area contributed by atoms with Crippen molar-refractivity contribution in [1.29, 1.82) is 0 Å². The molecule has 0 amide bonds. The van der Waals surface area contributed by atoms with Crippen molar-refractivity contribution >= 4 is 0 Å². The summed E-state index contributed by atoms with van der Waals surface area (Å²) in [6, 6.07) is 0. The zero-order chi connectivity index (χ0) is 22.9. The Hall–Kier alpha value is -0.900. The van der Waals surface area contributed by atoms with Crippen molar-refractivity contribution in [2.24, 2.45) is 16.7 Å². The predicted molar refractivity (Wildman–Crippen MR) is 129 cm³/mol. The maximum atomic E-state index is 10.2. The Morgan fingerprint density at radius 2 is 1.77 bits per heavy atom. The third-order valence-electron chi connectivity index (χ3n) is 8.57. The Morgan fingerprint density at radius 1 is 1.10 bits per heavy atom. The lowest BCUT2D eigenvalue weighted by molar-refractivity contribution is 0.0607. The van der Waals surface area contributed by atoms with Crippen LogP contribution in [0.5, 0.6) is 0 Å². The molecule has 0 saturated heterocycles. The summed E-state index contributed by atoms with van der Waals surface area (Å²) in [4.78, 5) is 0. The Balaban J connectivity index is 1.76. The van der Waals surface area contributed by atoms with Crippen molar-refractivity contribution in [1.82, 2.24) is 0 Å². The molecule has 1 unspecified atom stereocenters. The highest BCUT2D eigenvalue weighted by atomic mass is 16.3. The van der Waals surface area contributed by atoms with Gasteiger partial charge in [-0.25, -0.2) is 0 Å². The van der Waals surface area contributed by atoms with Crippen LogP contribution in [0.1, 0.15) is 105 Å². The van der Waals surface area contributed by atoms with Gasteiger partial charge >= 0.3 is 0 Å². The van der Waals surface area contributed by atoms with E-state index in [0.717, 1.165) is 38.5 Å². The topological polar surface area (TPSA) is 60.7 Å². The van der Waals surface area contributed by atoms with Gasteiger partial charge < -0.3 is 15.3 Å². The van der Waals surface area contributed by atoms with Gasteiger partial charge in [0.2, 0.25) is 0 Å². The van der Waals surface area contributed by atoms with Crippen molar-refractivity contribution in [2.75, 3.05) is 0 Å². The number of aliphatic hydroxyl groups is 3. The Morgan fingerprint density at radius 3 is 2.39 bits per heavy atom. The normalized spacial score (nSPS) is 35.0. The summed E-state index contributed by atoms with van der Waals surface area (Å²) in [5.74, 6) is 0.576. The molecule has 3 aliphatic rings. The molecule has 31 heavy (non-hydrogen) atoms. The van der Waals surface area contributed by atoms with Crippen molar-refractivity contribution in [2.45, 2.75) is 123 Å². The number of fused-ring (bicyclic) bond motifs is 1. The monoisotopic (exact) mass is 430 g/mol. The second kappa shape index (κ2) is 9.53. The first-order chi connectivity index (χ1) is 14.5. The van der Waals surface area contributed by atoms with Gasteiger partial charge in [0.25, 0.3) is 0 Å². The summed E-state index contributed by atoms with van der Waals surface area (Å²) >= 11 is 0.